The number of carbonyl (C=O) groups is 2. The van der Waals surface area contributed by atoms with E-state index in [4.69, 9.17) is 0 Å². The second-order valence-corrected chi connectivity index (χ2v) is 3.09. The van der Waals surface area contributed by atoms with Crippen molar-refractivity contribution in [3.63, 3.8) is 0 Å². The zero-order valence-corrected chi connectivity index (χ0v) is 10.1. The second-order valence-electron chi connectivity index (χ2n) is 3.09. The van der Waals surface area contributed by atoms with E-state index in [-0.39, 0.29) is 0 Å². The largest absolute Gasteiger partial charge is 0.468 e. The predicted octanol–water partition coefficient (Wildman–Crippen LogP) is 1.86. The lowest BCUT2D eigenvalue weighted by Crippen LogP contribution is -2.22. The van der Waals surface area contributed by atoms with Crippen LogP contribution in [-0.4, -0.2) is 26.2 Å². The smallest absolute Gasteiger partial charge is 0.334 e. The van der Waals surface area contributed by atoms with Gasteiger partial charge < -0.3 is 9.47 Å². The van der Waals surface area contributed by atoms with E-state index in [2.05, 4.69) is 9.47 Å². The summed E-state index contributed by atoms with van der Waals surface area (Å²) < 4.78 is 9.29. The zero-order chi connectivity index (χ0) is 12.6. The average molecular weight is 226 g/mol. The molecule has 1 atom stereocenters. The molecule has 0 rings (SSSR count). The van der Waals surface area contributed by atoms with Crippen LogP contribution in [0.4, 0.5) is 0 Å². The number of hydrogen-bond acceptors (Lipinski definition) is 4. The number of methoxy groups -OCH3 is 2. The Bertz CT molecular complexity index is 302. The summed E-state index contributed by atoms with van der Waals surface area (Å²) in [6.07, 6.45) is 5.64. The number of ether oxygens (including phenoxy) is 2. The fourth-order valence-corrected chi connectivity index (χ4v) is 1.30. The number of esters is 2. The first kappa shape index (κ1) is 14.4. The van der Waals surface area contributed by atoms with Crippen molar-refractivity contribution in [2.24, 2.45) is 5.92 Å². The van der Waals surface area contributed by atoms with Gasteiger partial charge in [0, 0.05) is 0 Å². The van der Waals surface area contributed by atoms with E-state index < -0.39 is 17.9 Å². The SMILES string of the molecule is C/C=C/C(C(=O)OC)/C(=C/CC)C(=O)OC. The minimum atomic E-state index is -0.692. The van der Waals surface area contributed by atoms with Gasteiger partial charge >= 0.3 is 11.9 Å². The molecular weight excluding hydrogens is 208 g/mol. The van der Waals surface area contributed by atoms with Crippen LogP contribution >= 0.6 is 0 Å². The molecule has 0 saturated heterocycles. The molecule has 0 aromatic carbocycles. The minimum absolute atomic E-state index is 0.315. The molecule has 1 unspecified atom stereocenters. The fourth-order valence-electron chi connectivity index (χ4n) is 1.30. The number of rotatable bonds is 5. The van der Waals surface area contributed by atoms with E-state index >= 15 is 0 Å². The van der Waals surface area contributed by atoms with Crippen molar-refractivity contribution in [1.29, 1.82) is 0 Å². The third-order valence-electron chi connectivity index (χ3n) is 2.02. The van der Waals surface area contributed by atoms with Crippen molar-refractivity contribution < 1.29 is 19.1 Å². The Morgan fingerprint density at radius 2 is 1.88 bits per heavy atom. The summed E-state index contributed by atoms with van der Waals surface area (Å²) in [6, 6.07) is 0. The molecule has 16 heavy (non-hydrogen) atoms. The van der Waals surface area contributed by atoms with Gasteiger partial charge in [0.2, 0.25) is 0 Å². The van der Waals surface area contributed by atoms with Gasteiger partial charge in [0.1, 0.15) is 5.92 Å². The first-order valence-electron chi connectivity index (χ1n) is 5.11. The molecule has 0 aromatic rings. The highest BCUT2D eigenvalue weighted by Gasteiger charge is 2.26. The summed E-state index contributed by atoms with van der Waals surface area (Å²) in [5.74, 6) is -1.67. The monoisotopic (exact) mass is 226 g/mol. The third-order valence-corrected chi connectivity index (χ3v) is 2.02. The quantitative estimate of drug-likeness (QED) is 0.408. The highest BCUT2D eigenvalue weighted by Crippen LogP contribution is 2.17. The van der Waals surface area contributed by atoms with Crippen LogP contribution in [0.2, 0.25) is 0 Å². The lowest BCUT2D eigenvalue weighted by Gasteiger charge is -2.12. The molecule has 0 aliphatic rings. The van der Waals surface area contributed by atoms with Gasteiger partial charge in [0.25, 0.3) is 0 Å². The third kappa shape index (κ3) is 3.88. The lowest BCUT2D eigenvalue weighted by molar-refractivity contribution is -0.146. The maximum atomic E-state index is 11.5. The Morgan fingerprint density at radius 3 is 2.25 bits per heavy atom. The van der Waals surface area contributed by atoms with Crippen molar-refractivity contribution in [2.75, 3.05) is 14.2 Å². The second kappa shape index (κ2) is 7.68. The van der Waals surface area contributed by atoms with Crippen molar-refractivity contribution in [3.05, 3.63) is 23.8 Å². The first-order chi connectivity index (χ1) is 7.62. The molecule has 0 aliphatic heterocycles. The summed E-state index contributed by atoms with van der Waals surface area (Å²) in [5, 5.41) is 0. The number of carbonyl (C=O) groups excluding carboxylic acids is 2. The molecule has 0 amide bonds. The van der Waals surface area contributed by atoms with Crippen LogP contribution in [0.3, 0.4) is 0 Å². The van der Waals surface area contributed by atoms with Crippen LogP contribution in [0.5, 0.6) is 0 Å². The molecule has 0 fully saturated rings. The molecule has 0 spiro atoms. The first-order valence-corrected chi connectivity index (χ1v) is 5.11. The van der Waals surface area contributed by atoms with Crippen LogP contribution in [-0.2, 0) is 19.1 Å². The molecule has 0 radical (unpaired) electrons. The van der Waals surface area contributed by atoms with Gasteiger partial charge in [-0.15, -0.1) is 0 Å². The molecule has 0 N–H and O–H groups in total. The maximum absolute atomic E-state index is 11.5. The Kier molecular flexibility index (Phi) is 6.92. The van der Waals surface area contributed by atoms with Gasteiger partial charge in [0.05, 0.1) is 19.8 Å². The van der Waals surface area contributed by atoms with E-state index in [1.54, 1.807) is 25.2 Å². The fraction of sp³-hybridized carbons (Fsp3) is 0.500. The molecule has 0 bridgehead atoms. The predicted molar refractivity (Wildman–Crippen MR) is 60.7 cm³/mol. The molecular formula is C12H18O4. The normalized spacial score (nSPS) is 13.6. The van der Waals surface area contributed by atoms with Crippen LogP contribution in [0.15, 0.2) is 23.8 Å². The summed E-state index contributed by atoms with van der Waals surface area (Å²) in [6.45, 7) is 3.66. The highest BCUT2D eigenvalue weighted by atomic mass is 16.5. The van der Waals surface area contributed by atoms with E-state index in [0.717, 1.165) is 0 Å². The van der Waals surface area contributed by atoms with Crippen molar-refractivity contribution in [2.45, 2.75) is 20.3 Å². The molecule has 90 valence electrons. The van der Waals surface area contributed by atoms with Gasteiger partial charge in [0.15, 0.2) is 0 Å². The Morgan fingerprint density at radius 1 is 1.25 bits per heavy atom. The molecule has 0 aromatic heterocycles. The van der Waals surface area contributed by atoms with E-state index in [1.165, 1.54) is 14.2 Å². The molecule has 0 heterocycles. The van der Waals surface area contributed by atoms with Gasteiger partial charge in [-0.2, -0.15) is 0 Å². The lowest BCUT2D eigenvalue weighted by atomic mass is 9.97. The van der Waals surface area contributed by atoms with Gasteiger partial charge in [-0.05, 0) is 13.3 Å². The number of allylic oxidation sites excluding steroid dienone is 2. The van der Waals surface area contributed by atoms with Crippen LogP contribution in [0.1, 0.15) is 20.3 Å². The molecule has 0 saturated carbocycles. The summed E-state index contributed by atoms with van der Waals surface area (Å²) in [4.78, 5) is 23.0. The van der Waals surface area contributed by atoms with Crippen LogP contribution < -0.4 is 0 Å². The van der Waals surface area contributed by atoms with Crippen LogP contribution in [0, 0.1) is 5.92 Å². The van der Waals surface area contributed by atoms with Crippen molar-refractivity contribution in [1.82, 2.24) is 0 Å². The summed E-state index contributed by atoms with van der Waals surface area (Å²) >= 11 is 0. The topological polar surface area (TPSA) is 52.6 Å². The average Bonchev–Trinajstić information content (AvgIpc) is 2.31. The molecule has 4 nitrogen and oxygen atoms in total. The van der Waals surface area contributed by atoms with Gasteiger partial charge in [-0.1, -0.05) is 25.2 Å². The summed E-state index contributed by atoms with van der Waals surface area (Å²) in [7, 11) is 2.58. The minimum Gasteiger partial charge on any atom is -0.468 e. The van der Waals surface area contributed by atoms with Crippen molar-refractivity contribution >= 4 is 11.9 Å². The Labute approximate surface area is 95.9 Å². The molecule has 4 heteroatoms. The maximum Gasteiger partial charge on any atom is 0.334 e. The van der Waals surface area contributed by atoms with E-state index in [1.807, 2.05) is 6.92 Å². The molecule has 0 aliphatic carbocycles. The summed E-state index contributed by atoms with van der Waals surface area (Å²) in [5.41, 5.74) is 0.315. The van der Waals surface area contributed by atoms with E-state index in [9.17, 15) is 9.59 Å². The van der Waals surface area contributed by atoms with Gasteiger partial charge in [-0.3, -0.25) is 4.79 Å². The van der Waals surface area contributed by atoms with Crippen molar-refractivity contribution in [3.8, 4) is 0 Å². The highest BCUT2D eigenvalue weighted by molar-refractivity contribution is 5.96. The standard InChI is InChI=1S/C12H18O4/c1-5-7-9(11(13)15-3)10(8-6-2)12(14)16-4/h5,7-9H,6H2,1-4H3/b7-5+,10-8-. The van der Waals surface area contributed by atoms with E-state index in [0.29, 0.717) is 12.0 Å². The number of hydrogen-bond donors (Lipinski definition) is 0. The Balaban J connectivity index is 5.18. The zero-order valence-electron chi connectivity index (χ0n) is 10.1. The van der Waals surface area contributed by atoms with Crippen LogP contribution in [0.25, 0.3) is 0 Å². The Hall–Kier alpha value is -1.58. The van der Waals surface area contributed by atoms with Gasteiger partial charge in [-0.25, -0.2) is 4.79 Å².